The number of H-pyrrole nitrogens is 1. The number of thioether (sulfide) groups is 1. The van der Waals surface area contributed by atoms with Crippen LogP contribution >= 0.6 is 11.8 Å². The van der Waals surface area contributed by atoms with Gasteiger partial charge in [0.05, 0.1) is 9.92 Å². The van der Waals surface area contributed by atoms with Crippen LogP contribution in [-0.4, -0.2) is 32.0 Å². The fraction of sp³-hybridized carbons (Fsp3) is 0.167. The highest BCUT2D eigenvalue weighted by Crippen LogP contribution is 2.39. The largest absolute Gasteiger partial charge is 0.454 e. The summed E-state index contributed by atoms with van der Waals surface area (Å²) in [5, 5.41) is 1.25. The normalized spacial score (nSPS) is 14.0. The maximum Gasteiger partial charge on any atom is 0.231 e. The third-order valence-electron chi connectivity index (χ3n) is 5.40. The third-order valence-corrected chi connectivity index (χ3v) is 8.61. The molecule has 0 saturated heterocycles. The van der Waals surface area contributed by atoms with E-state index in [1.54, 1.807) is 30.3 Å². The van der Waals surface area contributed by atoms with E-state index in [1.165, 1.54) is 11.8 Å². The van der Waals surface area contributed by atoms with E-state index in [4.69, 9.17) is 15.2 Å². The number of aromatic nitrogens is 1. The lowest BCUT2D eigenvalue weighted by Gasteiger charge is -2.15. The van der Waals surface area contributed by atoms with Crippen LogP contribution in [-0.2, 0) is 16.3 Å². The SMILES string of the molecule is NCC(Cc1ccc2c(c1)OCO2)Sc1[nH]c2ccccc2c1S(=O)(=O)c1ccccc1. The van der Waals surface area contributed by atoms with Gasteiger partial charge in [0.2, 0.25) is 16.6 Å². The smallest absolute Gasteiger partial charge is 0.231 e. The van der Waals surface area contributed by atoms with Gasteiger partial charge in [-0.05, 0) is 42.3 Å². The third kappa shape index (κ3) is 3.85. The van der Waals surface area contributed by atoms with Crippen molar-refractivity contribution in [3.8, 4) is 11.5 Å². The van der Waals surface area contributed by atoms with Gasteiger partial charge < -0.3 is 20.2 Å². The predicted molar refractivity (Wildman–Crippen MR) is 125 cm³/mol. The van der Waals surface area contributed by atoms with Crippen LogP contribution in [0.25, 0.3) is 10.9 Å². The Morgan fingerprint density at radius 1 is 0.969 bits per heavy atom. The lowest BCUT2D eigenvalue weighted by molar-refractivity contribution is 0.174. The van der Waals surface area contributed by atoms with Crippen LogP contribution in [0.3, 0.4) is 0 Å². The van der Waals surface area contributed by atoms with Gasteiger partial charge in [0.1, 0.15) is 4.90 Å². The second-order valence-electron chi connectivity index (χ2n) is 7.51. The summed E-state index contributed by atoms with van der Waals surface area (Å²) in [6.45, 7) is 0.614. The first kappa shape index (κ1) is 20.9. The van der Waals surface area contributed by atoms with Crippen molar-refractivity contribution in [1.29, 1.82) is 0 Å². The van der Waals surface area contributed by atoms with Crippen molar-refractivity contribution in [3.63, 3.8) is 0 Å². The lowest BCUT2D eigenvalue weighted by atomic mass is 10.1. The summed E-state index contributed by atoms with van der Waals surface area (Å²) in [5.41, 5.74) is 7.94. The van der Waals surface area contributed by atoms with Crippen molar-refractivity contribution in [2.24, 2.45) is 5.73 Å². The van der Waals surface area contributed by atoms with Crippen LogP contribution in [0.4, 0.5) is 0 Å². The average Bonchev–Trinajstić information content (AvgIpc) is 3.43. The van der Waals surface area contributed by atoms with Gasteiger partial charge in [0.15, 0.2) is 11.5 Å². The number of nitrogens with one attached hydrogen (secondary N) is 1. The number of rotatable bonds is 7. The topological polar surface area (TPSA) is 94.4 Å². The highest BCUT2D eigenvalue weighted by atomic mass is 32.2. The highest BCUT2D eigenvalue weighted by Gasteiger charge is 2.28. The minimum Gasteiger partial charge on any atom is -0.454 e. The van der Waals surface area contributed by atoms with Crippen LogP contribution in [0.1, 0.15) is 5.56 Å². The molecule has 3 aromatic carbocycles. The minimum atomic E-state index is -3.72. The Morgan fingerprint density at radius 3 is 2.53 bits per heavy atom. The van der Waals surface area contributed by atoms with Gasteiger partial charge in [0.25, 0.3) is 0 Å². The number of hydrogen-bond acceptors (Lipinski definition) is 6. The van der Waals surface area contributed by atoms with E-state index in [9.17, 15) is 8.42 Å². The van der Waals surface area contributed by atoms with Crippen molar-refractivity contribution < 1.29 is 17.9 Å². The summed E-state index contributed by atoms with van der Waals surface area (Å²) < 4.78 is 38.0. The molecule has 1 atom stereocenters. The van der Waals surface area contributed by atoms with Gasteiger partial charge >= 0.3 is 0 Å². The number of benzene rings is 3. The second kappa shape index (κ2) is 8.54. The molecular formula is C24H22N2O4S2. The number of aromatic amines is 1. The molecule has 32 heavy (non-hydrogen) atoms. The van der Waals surface area contributed by atoms with E-state index < -0.39 is 9.84 Å². The van der Waals surface area contributed by atoms with Gasteiger partial charge in [-0.1, -0.05) is 42.5 Å². The minimum absolute atomic E-state index is 0.0341. The van der Waals surface area contributed by atoms with E-state index in [0.717, 1.165) is 22.6 Å². The fourth-order valence-corrected chi connectivity index (χ4v) is 6.91. The standard InChI is InChI=1S/C24H22N2O4S2/c25-14-17(12-16-10-11-21-22(13-16)30-15-29-21)31-24-23(19-8-4-5-9-20(19)26-24)32(27,28)18-6-2-1-3-7-18/h1-11,13,17,26H,12,14-15,25H2. The van der Waals surface area contributed by atoms with Crippen LogP contribution in [0.2, 0.25) is 0 Å². The molecule has 5 rings (SSSR count). The van der Waals surface area contributed by atoms with E-state index >= 15 is 0 Å². The summed E-state index contributed by atoms with van der Waals surface area (Å²) in [6.07, 6.45) is 0.665. The first-order valence-electron chi connectivity index (χ1n) is 10.2. The maximum absolute atomic E-state index is 13.6. The molecule has 0 bridgehead atoms. The van der Waals surface area contributed by atoms with Crippen molar-refractivity contribution in [2.75, 3.05) is 13.3 Å². The summed E-state index contributed by atoms with van der Waals surface area (Å²) >= 11 is 1.46. The molecule has 1 aliphatic heterocycles. The van der Waals surface area contributed by atoms with Crippen LogP contribution in [0, 0.1) is 0 Å². The van der Waals surface area contributed by atoms with Crippen LogP contribution < -0.4 is 15.2 Å². The van der Waals surface area contributed by atoms with Gasteiger partial charge in [-0.3, -0.25) is 0 Å². The van der Waals surface area contributed by atoms with E-state index in [2.05, 4.69) is 4.98 Å². The van der Waals surface area contributed by atoms with Crippen molar-refractivity contribution in [1.82, 2.24) is 4.98 Å². The fourth-order valence-electron chi connectivity index (χ4n) is 3.83. The Bertz CT molecular complexity index is 1370. The van der Waals surface area contributed by atoms with Crippen LogP contribution in [0.15, 0.2) is 87.6 Å². The number of sulfone groups is 1. The molecular weight excluding hydrogens is 444 g/mol. The molecule has 6 nitrogen and oxygen atoms in total. The van der Waals surface area contributed by atoms with Crippen molar-refractivity contribution in [2.45, 2.75) is 26.5 Å². The summed E-state index contributed by atoms with van der Waals surface area (Å²) in [7, 11) is -3.72. The highest BCUT2D eigenvalue weighted by molar-refractivity contribution is 8.00. The first-order valence-corrected chi connectivity index (χ1v) is 12.6. The second-order valence-corrected chi connectivity index (χ2v) is 10.7. The number of fused-ring (bicyclic) bond motifs is 2. The number of nitrogens with two attached hydrogens (primary N) is 1. The van der Waals surface area contributed by atoms with Gasteiger partial charge in [-0.15, -0.1) is 11.8 Å². The molecule has 1 aliphatic rings. The Labute approximate surface area is 190 Å². The zero-order chi connectivity index (χ0) is 22.1. The molecule has 0 amide bonds. The molecule has 0 saturated carbocycles. The molecule has 4 aromatic rings. The monoisotopic (exact) mass is 466 g/mol. The summed E-state index contributed by atoms with van der Waals surface area (Å²) in [4.78, 5) is 3.89. The molecule has 0 fully saturated rings. The van der Waals surface area contributed by atoms with E-state index in [-0.39, 0.29) is 16.9 Å². The quantitative estimate of drug-likeness (QED) is 0.392. The van der Waals surface area contributed by atoms with Gasteiger partial charge in [-0.25, -0.2) is 8.42 Å². The van der Waals surface area contributed by atoms with Crippen LogP contribution in [0.5, 0.6) is 11.5 Å². The molecule has 2 heterocycles. The Morgan fingerprint density at radius 2 is 1.72 bits per heavy atom. The number of para-hydroxylation sites is 1. The Hall–Kier alpha value is -2.94. The van der Waals surface area contributed by atoms with E-state index in [0.29, 0.717) is 28.3 Å². The maximum atomic E-state index is 13.6. The van der Waals surface area contributed by atoms with Crippen molar-refractivity contribution in [3.05, 3.63) is 78.4 Å². The first-order chi connectivity index (χ1) is 15.6. The average molecular weight is 467 g/mol. The molecule has 1 aromatic heterocycles. The molecule has 3 N–H and O–H groups in total. The van der Waals surface area contributed by atoms with E-state index in [1.807, 2.05) is 42.5 Å². The molecule has 0 aliphatic carbocycles. The predicted octanol–water partition coefficient (Wildman–Crippen LogP) is 4.39. The van der Waals surface area contributed by atoms with Crippen molar-refractivity contribution >= 4 is 32.5 Å². The number of ether oxygens (including phenoxy) is 2. The molecule has 0 spiro atoms. The molecule has 8 heteroatoms. The summed E-state index contributed by atoms with van der Waals surface area (Å²) in [6, 6.07) is 21.8. The van der Waals surface area contributed by atoms with Gasteiger partial charge in [-0.2, -0.15) is 0 Å². The summed E-state index contributed by atoms with van der Waals surface area (Å²) in [5.74, 6) is 1.46. The lowest BCUT2D eigenvalue weighted by Crippen LogP contribution is -2.20. The number of hydrogen-bond donors (Lipinski definition) is 2. The molecule has 1 unspecified atom stereocenters. The Balaban J connectivity index is 1.51. The zero-order valence-electron chi connectivity index (χ0n) is 17.2. The molecule has 164 valence electrons. The van der Waals surface area contributed by atoms with Gasteiger partial charge in [0, 0.05) is 22.7 Å². The molecule has 0 radical (unpaired) electrons. The zero-order valence-corrected chi connectivity index (χ0v) is 18.8. The Kier molecular flexibility index (Phi) is 5.58.